The molecule has 1 amide bonds. The summed E-state index contributed by atoms with van der Waals surface area (Å²) in [7, 11) is 0. The number of hydrogen-bond acceptors (Lipinski definition) is 5. The molecule has 0 N–H and O–H groups in total. The summed E-state index contributed by atoms with van der Waals surface area (Å²) in [5.41, 5.74) is 0.370. The first-order valence-corrected chi connectivity index (χ1v) is 8.48. The lowest BCUT2D eigenvalue weighted by molar-refractivity contribution is 0.0662. The van der Waals surface area contributed by atoms with Crippen molar-refractivity contribution in [1.29, 1.82) is 0 Å². The Morgan fingerprint density at radius 3 is 3.13 bits per heavy atom. The number of likely N-dealkylation sites (tertiary alicyclic amines) is 1. The standard InChI is InChI=1S/C16H16N4O2S/c21-16(13-10-14(22-18-13)15-5-2-9-23-15)19-7-1-4-12(11-19)20-8-3-6-17-20/h2-3,5-6,8-10,12H,1,4,7,11H2/t12-/m1/s1. The topological polar surface area (TPSA) is 64.2 Å². The third kappa shape index (κ3) is 2.79. The van der Waals surface area contributed by atoms with Crippen molar-refractivity contribution >= 4 is 17.2 Å². The van der Waals surface area contributed by atoms with Crippen LogP contribution in [-0.2, 0) is 0 Å². The molecule has 0 aromatic carbocycles. The quantitative estimate of drug-likeness (QED) is 0.741. The van der Waals surface area contributed by atoms with E-state index in [0.717, 1.165) is 24.3 Å². The molecule has 4 heterocycles. The molecule has 0 bridgehead atoms. The maximum absolute atomic E-state index is 12.7. The normalized spacial score (nSPS) is 18.3. The van der Waals surface area contributed by atoms with Gasteiger partial charge in [0, 0.05) is 31.5 Å². The average molecular weight is 328 g/mol. The van der Waals surface area contributed by atoms with Crippen LogP contribution in [-0.4, -0.2) is 38.8 Å². The van der Waals surface area contributed by atoms with Crippen LogP contribution in [0.25, 0.3) is 10.6 Å². The molecule has 0 saturated carbocycles. The second kappa shape index (κ2) is 6.00. The summed E-state index contributed by atoms with van der Waals surface area (Å²) < 4.78 is 7.25. The molecule has 0 radical (unpaired) electrons. The van der Waals surface area contributed by atoms with Gasteiger partial charge in [0.2, 0.25) is 0 Å². The lowest BCUT2D eigenvalue weighted by Gasteiger charge is -2.32. The van der Waals surface area contributed by atoms with Crippen LogP contribution in [0.5, 0.6) is 0 Å². The molecular formula is C16H16N4O2S. The molecule has 1 saturated heterocycles. The van der Waals surface area contributed by atoms with E-state index in [2.05, 4.69) is 10.3 Å². The summed E-state index contributed by atoms with van der Waals surface area (Å²) >= 11 is 1.57. The van der Waals surface area contributed by atoms with Crippen molar-refractivity contribution in [3.8, 4) is 10.6 Å². The Balaban J connectivity index is 1.50. The first-order valence-electron chi connectivity index (χ1n) is 7.60. The Morgan fingerprint density at radius 1 is 1.39 bits per heavy atom. The number of carbonyl (C=O) groups excluding carboxylic acids is 1. The van der Waals surface area contributed by atoms with Gasteiger partial charge in [-0.15, -0.1) is 11.3 Å². The van der Waals surface area contributed by atoms with Crippen molar-refractivity contribution in [2.24, 2.45) is 0 Å². The molecule has 1 aliphatic rings. The zero-order valence-electron chi connectivity index (χ0n) is 12.5. The fourth-order valence-electron chi connectivity index (χ4n) is 2.92. The van der Waals surface area contributed by atoms with Gasteiger partial charge in [-0.25, -0.2) is 0 Å². The van der Waals surface area contributed by atoms with Crippen LogP contribution in [0.2, 0.25) is 0 Å². The van der Waals surface area contributed by atoms with Crippen LogP contribution in [0.1, 0.15) is 29.4 Å². The van der Waals surface area contributed by atoms with E-state index in [-0.39, 0.29) is 11.9 Å². The molecule has 1 atom stereocenters. The molecule has 3 aromatic heterocycles. The largest absolute Gasteiger partial charge is 0.355 e. The molecule has 23 heavy (non-hydrogen) atoms. The van der Waals surface area contributed by atoms with Crippen molar-refractivity contribution in [2.75, 3.05) is 13.1 Å². The predicted octanol–water partition coefficient (Wildman–Crippen LogP) is 3.08. The van der Waals surface area contributed by atoms with Crippen LogP contribution >= 0.6 is 11.3 Å². The Labute approximate surface area is 137 Å². The number of piperidine rings is 1. The minimum Gasteiger partial charge on any atom is -0.355 e. The fourth-order valence-corrected chi connectivity index (χ4v) is 3.60. The Morgan fingerprint density at radius 2 is 2.35 bits per heavy atom. The maximum Gasteiger partial charge on any atom is 0.276 e. The first-order chi connectivity index (χ1) is 11.3. The average Bonchev–Trinajstić information content (AvgIpc) is 3.36. The zero-order chi connectivity index (χ0) is 15.6. The van der Waals surface area contributed by atoms with Crippen LogP contribution in [0.3, 0.4) is 0 Å². The first kappa shape index (κ1) is 14.2. The zero-order valence-corrected chi connectivity index (χ0v) is 13.3. The lowest BCUT2D eigenvalue weighted by atomic mass is 10.1. The molecule has 0 aliphatic carbocycles. The van der Waals surface area contributed by atoms with Gasteiger partial charge in [-0.3, -0.25) is 9.48 Å². The molecule has 7 heteroatoms. The van der Waals surface area contributed by atoms with Gasteiger partial charge in [-0.2, -0.15) is 5.10 Å². The number of amides is 1. The molecule has 6 nitrogen and oxygen atoms in total. The van der Waals surface area contributed by atoms with E-state index < -0.39 is 0 Å². The van der Waals surface area contributed by atoms with E-state index >= 15 is 0 Å². The van der Waals surface area contributed by atoms with Crippen molar-refractivity contribution in [3.05, 3.63) is 47.7 Å². The van der Waals surface area contributed by atoms with E-state index in [4.69, 9.17) is 4.52 Å². The number of aromatic nitrogens is 3. The monoisotopic (exact) mass is 328 g/mol. The smallest absolute Gasteiger partial charge is 0.276 e. The van der Waals surface area contributed by atoms with Crippen molar-refractivity contribution in [3.63, 3.8) is 0 Å². The van der Waals surface area contributed by atoms with E-state index in [9.17, 15) is 4.79 Å². The molecule has 118 valence electrons. The molecule has 3 aromatic rings. The predicted molar refractivity (Wildman–Crippen MR) is 86.2 cm³/mol. The third-order valence-corrected chi connectivity index (χ3v) is 4.96. The fraction of sp³-hybridized carbons (Fsp3) is 0.312. The summed E-state index contributed by atoms with van der Waals surface area (Å²) in [5, 5.41) is 10.2. The molecule has 0 spiro atoms. The Kier molecular flexibility index (Phi) is 3.70. The summed E-state index contributed by atoms with van der Waals surface area (Å²) in [6.07, 6.45) is 5.71. The van der Waals surface area contributed by atoms with Gasteiger partial charge in [0.25, 0.3) is 5.91 Å². The van der Waals surface area contributed by atoms with Gasteiger partial charge in [0.05, 0.1) is 10.9 Å². The van der Waals surface area contributed by atoms with Gasteiger partial charge < -0.3 is 9.42 Å². The summed E-state index contributed by atoms with van der Waals surface area (Å²) in [6.45, 7) is 1.40. The molecule has 4 rings (SSSR count). The van der Waals surface area contributed by atoms with Crippen molar-refractivity contribution in [2.45, 2.75) is 18.9 Å². The summed E-state index contributed by atoms with van der Waals surface area (Å²) in [4.78, 5) is 15.5. The third-order valence-electron chi connectivity index (χ3n) is 4.08. The van der Waals surface area contributed by atoms with Crippen LogP contribution < -0.4 is 0 Å². The van der Waals surface area contributed by atoms with Crippen LogP contribution in [0.15, 0.2) is 46.6 Å². The van der Waals surface area contributed by atoms with E-state index in [1.165, 1.54) is 0 Å². The van der Waals surface area contributed by atoms with Gasteiger partial charge in [-0.05, 0) is 30.4 Å². The highest BCUT2D eigenvalue weighted by Gasteiger charge is 2.27. The molecule has 0 unspecified atom stereocenters. The second-order valence-electron chi connectivity index (χ2n) is 5.59. The summed E-state index contributed by atoms with van der Waals surface area (Å²) in [6, 6.07) is 7.76. The van der Waals surface area contributed by atoms with Gasteiger partial charge >= 0.3 is 0 Å². The van der Waals surface area contributed by atoms with Crippen molar-refractivity contribution in [1.82, 2.24) is 19.8 Å². The molecular weight excluding hydrogens is 312 g/mol. The number of thiophene rings is 1. The van der Waals surface area contributed by atoms with Gasteiger partial charge in [0.15, 0.2) is 11.5 Å². The number of rotatable bonds is 3. The Bertz CT molecular complexity index is 779. The van der Waals surface area contributed by atoms with E-state index in [0.29, 0.717) is 18.0 Å². The number of carbonyl (C=O) groups is 1. The maximum atomic E-state index is 12.7. The second-order valence-corrected chi connectivity index (χ2v) is 6.53. The van der Waals surface area contributed by atoms with E-state index in [1.54, 1.807) is 23.6 Å². The number of nitrogens with zero attached hydrogens (tertiary/aromatic N) is 4. The van der Waals surface area contributed by atoms with Crippen LogP contribution in [0, 0.1) is 0 Å². The highest BCUT2D eigenvalue weighted by molar-refractivity contribution is 7.13. The minimum absolute atomic E-state index is 0.0755. The van der Waals surface area contributed by atoms with Crippen LogP contribution in [0.4, 0.5) is 0 Å². The summed E-state index contributed by atoms with van der Waals surface area (Å²) in [5.74, 6) is 0.567. The molecule has 1 fully saturated rings. The van der Waals surface area contributed by atoms with E-state index in [1.807, 2.05) is 39.4 Å². The highest BCUT2D eigenvalue weighted by Crippen LogP contribution is 2.27. The van der Waals surface area contributed by atoms with Crippen molar-refractivity contribution < 1.29 is 9.32 Å². The highest BCUT2D eigenvalue weighted by atomic mass is 32.1. The lowest BCUT2D eigenvalue weighted by Crippen LogP contribution is -2.41. The minimum atomic E-state index is -0.0755. The van der Waals surface area contributed by atoms with Gasteiger partial charge in [0.1, 0.15) is 0 Å². The SMILES string of the molecule is O=C(c1cc(-c2cccs2)on1)N1CCC[C@@H](n2cccn2)C1. The number of hydrogen-bond donors (Lipinski definition) is 0. The Hall–Kier alpha value is -2.41. The van der Waals surface area contributed by atoms with Gasteiger partial charge in [-0.1, -0.05) is 11.2 Å². The molecule has 1 aliphatic heterocycles.